The van der Waals surface area contributed by atoms with Crippen molar-refractivity contribution < 1.29 is 14.2 Å². The van der Waals surface area contributed by atoms with Gasteiger partial charge in [-0.05, 0) is 30.2 Å². The molecule has 0 spiro atoms. The Morgan fingerprint density at radius 3 is 3.09 bits per heavy atom. The molecule has 0 amide bonds. The molecule has 0 radical (unpaired) electrons. The van der Waals surface area contributed by atoms with E-state index in [9.17, 15) is 0 Å². The summed E-state index contributed by atoms with van der Waals surface area (Å²) in [5.74, 6) is 1.81. The molecule has 1 unspecified atom stereocenters. The summed E-state index contributed by atoms with van der Waals surface area (Å²) in [6.45, 7) is 4.45. The van der Waals surface area contributed by atoms with Gasteiger partial charge >= 0.3 is 0 Å². The van der Waals surface area contributed by atoms with Crippen LogP contribution in [0.3, 0.4) is 0 Å². The van der Waals surface area contributed by atoms with Crippen molar-refractivity contribution in [2.45, 2.75) is 31.3 Å². The molecule has 1 aromatic rings. The van der Waals surface area contributed by atoms with Crippen LogP contribution in [0.5, 0.6) is 5.75 Å². The van der Waals surface area contributed by atoms with Crippen molar-refractivity contribution in [3.63, 3.8) is 0 Å². The molecule has 0 bridgehead atoms. The lowest BCUT2D eigenvalue weighted by atomic mass is 10.0. The number of hydrogen-bond donors (Lipinski definition) is 2. The number of hydrogen-bond acceptors (Lipinski definition) is 5. The Labute approximate surface area is 136 Å². The molecule has 3 heterocycles. The van der Waals surface area contributed by atoms with Gasteiger partial charge in [0.15, 0.2) is 11.9 Å². The minimum absolute atomic E-state index is 0.0708. The Hall–Kier alpha value is -1.98. The minimum Gasteiger partial charge on any atom is -0.481 e. The number of benzene rings is 1. The first kappa shape index (κ1) is 14.6. The van der Waals surface area contributed by atoms with E-state index >= 15 is 0 Å². The molecule has 0 aliphatic carbocycles. The second-order valence-electron chi connectivity index (χ2n) is 5.99. The predicted octanol–water partition coefficient (Wildman–Crippen LogP) is 1.71. The minimum atomic E-state index is -0.598. The van der Waals surface area contributed by atoms with Crippen LogP contribution in [0, 0.1) is 0 Å². The summed E-state index contributed by atoms with van der Waals surface area (Å²) in [6.07, 6.45) is 6.43. The van der Waals surface area contributed by atoms with Crippen LogP contribution < -0.4 is 15.4 Å². The maximum atomic E-state index is 6.43. The molecular weight excluding hydrogens is 292 g/mol. The normalized spacial score (nSPS) is 29.6. The quantitative estimate of drug-likeness (QED) is 0.811. The van der Waals surface area contributed by atoms with Crippen molar-refractivity contribution in [1.82, 2.24) is 10.6 Å². The number of fused-ring (bicyclic) bond motifs is 1. The fraction of sp³-hybridized carbons (Fsp3) is 0.444. The molecule has 5 heteroatoms. The number of epoxide rings is 1. The van der Waals surface area contributed by atoms with Gasteiger partial charge < -0.3 is 24.8 Å². The summed E-state index contributed by atoms with van der Waals surface area (Å²) in [4.78, 5) is 0. The van der Waals surface area contributed by atoms with Crippen LogP contribution in [0.25, 0.3) is 0 Å². The third-order valence-electron chi connectivity index (χ3n) is 4.54. The number of ether oxygens (including phenoxy) is 3. The molecule has 122 valence electrons. The third kappa shape index (κ3) is 2.60. The Morgan fingerprint density at radius 1 is 1.39 bits per heavy atom. The number of para-hydroxylation sites is 1. The summed E-state index contributed by atoms with van der Waals surface area (Å²) in [6, 6.07) is 8.16. The van der Waals surface area contributed by atoms with E-state index in [-0.39, 0.29) is 12.2 Å². The maximum Gasteiger partial charge on any atom is 0.277 e. The SMILES string of the molecule is CCc1ccccc1O[C@@H]([C@@H]1CNCCO1)C12NC=CC=C1O2. The Morgan fingerprint density at radius 2 is 2.30 bits per heavy atom. The number of dihydropyridines is 1. The van der Waals surface area contributed by atoms with Crippen LogP contribution in [-0.2, 0) is 15.9 Å². The summed E-state index contributed by atoms with van der Waals surface area (Å²) in [5, 5.41) is 6.70. The van der Waals surface area contributed by atoms with Crippen LogP contribution in [0.15, 0.2) is 48.4 Å². The molecule has 3 aliphatic heterocycles. The van der Waals surface area contributed by atoms with Crippen LogP contribution in [-0.4, -0.2) is 37.6 Å². The van der Waals surface area contributed by atoms with Gasteiger partial charge in [0.05, 0.1) is 6.61 Å². The van der Waals surface area contributed by atoms with Crippen LogP contribution in [0.1, 0.15) is 12.5 Å². The highest BCUT2D eigenvalue weighted by molar-refractivity contribution is 5.38. The Bertz CT molecular complexity index is 637. The van der Waals surface area contributed by atoms with Gasteiger partial charge in [-0.1, -0.05) is 25.1 Å². The van der Waals surface area contributed by atoms with Gasteiger partial charge in [0.2, 0.25) is 0 Å². The third-order valence-corrected chi connectivity index (χ3v) is 4.54. The topological polar surface area (TPSA) is 55.0 Å². The highest BCUT2D eigenvalue weighted by atomic mass is 16.7. The summed E-state index contributed by atoms with van der Waals surface area (Å²) < 4.78 is 18.3. The lowest BCUT2D eigenvalue weighted by Gasteiger charge is -2.34. The average Bonchev–Trinajstić information content (AvgIpc) is 3.36. The van der Waals surface area contributed by atoms with E-state index in [1.54, 1.807) is 0 Å². The van der Waals surface area contributed by atoms with Gasteiger partial charge in [0.25, 0.3) is 5.72 Å². The van der Waals surface area contributed by atoms with Crippen LogP contribution >= 0.6 is 0 Å². The lowest BCUT2D eigenvalue weighted by Crippen LogP contribution is -2.57. The number of aryl methyl sites for hydroxylation is 1. The standard InChI is InChI=1S/C18H22N2O3/c1-2-13-6-3-4-7-14(13)22-17(15-12-19-10-11-21-15)18-16(23-18)8-5-9-20-18/h3-9,15,17,19-20H,2,10-12H2,1H3/t15-,17-,18?/m0/s1. The summed E-state index contributed by atoms with van der Waals surface area (Å²) in [5.41, 5.74) is 0.592. The molecule has 5 nitrogen and oxygen atoms in total. The molecule has 0 saturated carbocycles. The molecule has 3 aliphatic rings. The highest BCUT2D eigenvalue weighted by Crippen LogP contribution is 2.46. The molecular formula is C18H22N2O3. The van der Waals surface area contributed by atoms with E-state index in [2.05, 4.69) is 23.6 Å². The molecule has 2 saturated heterocycles. The Kier molecular flexibility index (Phi) is 3.75. The second-order valence-corrected chi connectivity index (χ2v) is 5.99. The molecule has 23 heavy (non-hydrogen) atoms. The zero-order valence-corrected chi connectivity index (χ0v) is 13.2. The first-order chi connectivity index (χ1) is 11.3. The zero-order chi connectivity index (χ0) is 15.7. The maximum absolute atomic E-state index is 6.43. The van der Waals surface area contributed by atoms with Gasteiger partial charge in [-0.3, -0.25) is 0 Å². The van der Waals surface area contributed by atoms with Gasteiger partial charge in [-0.25, -0.2) is 0 Å². The van der Waals surface area contributed by atoms with Gasteiger partial charge in [0, 0.05) is 19.3 Å². The average molecular weight is 314 g/mol. The fourth-order valence-corrected chi connectivity index (χ4v) is 3.24. The van der Waals surface area contributed by atoms with E-state index in [0.29, 0.717) is 6.61 Å². The lowest BCUT2D eigenvalue weighted by molar-refractivity contribution is -0.0744. The van der Waals surface area contributed by atoms with E-state index in [1.807, 2.05) is 36.6 Å². The molecule has 0 aromatic heterocycles. The second kappa shape index (κ2) is 5.91. The number of allylic oxidation sites excluding steroid dienone is 2. The van der Waals surface area contributed by atoms with Crippen molar-refractivity contribution in [2.75, 3.05) is 19.7 Å². The predicted molar refractivity (Wildman–Crippen MR) is 87.0 cm³/mol. The molecule has 2 N–H and O–H groups in total. The number of morpholine rings is 1. The molecule has 1 aromatic carbocycles. The zero-order valence-electron chi connectivity index (χ0n) is 13.2. The van der Waals surface area contributed by atoms with Crippen molar-refractivity contribution >= 4 is 0 Å². The highest BCUT2D eigenvalue weighted by Gasteiger charge is 2.63. The van der Waals surface area contributed by atoms with E-state index in [4.69, 9.17) is 14.2 Å². The van der Waals surface area contributed by atoms with Crippen LogP contribution in [0.2, 0.25) is 0 Å². The Balaban J connectivity index is 1.63. The van der Waals surface area contributed by atoms with E-state index in [1.165, 1.54) is 5.56 Å². The van der Waals surface area contributed by atoms with Crippen molar-refractivity contribution in [2.24, 2.45) is 0 Å². The van der Waals surface area contributed by atoms with Gasteiger partial charge in [-0.15, -0.1) is 0 Å². The van der Waals surface area contributed by atoms with E-state index < -0.39 is 5.72 Å². The van der Waals surface area contributed by atoms with E-state index in [0.717, 1.165) is 31.0 Å². The van der Waals surface area contributed by atoms with Crippen molar-refractivity contribution in [3.05, 3.63) is 53.9 Å². The molecule has 2 fully saturated rings. The van der Waals surface area contributed by atoms with Crippen molar-refractivity contribution in [3.8, 4) is 5.75 Å². The molecule has 4 rings (SSSR count). The largest absolute Gasteiger partial charge is 0.481 e. The number of nitrogens with one attached hydrogen (secondary N) is 2. The van der Waals surface area contributed by atoms with Crippen LogP contribution in [0.4, 0.5) is 0 Å². The number of rotatable bonds is 5. The summed E-state index contributed by atoms with van der Waals surface area (Å²) in [7, 11) is 0. The smallest absolute Gasteiger partial charge is 0.277 e. The first-order valence-corrected chi connectivity index (χ1v) is 8.24. The van der Waals surface area contributed by atoms with Gasteiger partial charge in [0.1, 0.15) is 11.9 Å². The van der Waals surface area contributed by atoms with Crippen molar-refractivity contribution in [1.29, 1.82) is 0 Å². The fourth-order valence-electron chi connectivity index (χ4n) is 3.24. The van der Waals surface area contributed by atoms with Gasteiger partial charge in [-0.2, -0.15) is 0 Å². The first-order valence-electron chi connectivity index (χ1n) is 8.24. The molecule has 3 atom stereocenters. The monoisotopic (exact) mass is 314 g/mol. The summed E-state index contributed by atoms with van der Waals surface area (Å²) >= 11 is 0.